The number of carbonyl (C=O) groups excluding carboxylic acids is 1. The Hall–Kier alpha value is -1.84. The van der Waals surface area contributed by atoms with Crippen molar-refractivity contribution in [3.63, 3.8) is 0 Å². The lowest BCUT2D eigenvalue weighted by Gasteiger charge is -2.13. The van der Waals surface area contributed by atoms with Crippen molar-refractivity contribution in [2.75, 3.05) is 0 Å². The number of esters is 1. The third-order valence-electron chi connectivity index (χ3n) is 8.39. The van der Waals surface area contributed by atoms with E-state index in [-0.39, 0.29) is 5.97 Å². The minimum atomic E-state index is -1.02. The molecule has 0 saturated heterocycles. The Morgan fingerprint density at radius 3 is 1.30 bits per heavy atom. The topological polar surface area (TPSA) is 63.6 Å². The van der Waals surface area contributed by atoms with Crippen molar-refractivity contribution < 1.29 is 19.4 Å². The van der Waals surface area contributed by atoms with Crippen molar-refractivity contribution >= 4 is 11.9 Å². The SMILES string of the molecule is CCCCC/C=C\C/C=C\C/C=C\CCCCC(=O)OC(CCCCCCCCCCCCCCCCCCCC)C(=O)O. The maximum Gasteiger partial charge on any atom is 0.345 e. The Balaban J connectivity index is 3.61. The number of carboxylic acid groups (broad SMARTS) is 1. The Bertz CT molecular complexity index is 708. The number of hydrogen-bond donors (Lipinski definition) is 1. The van der Waals surface area contributed by atoms with Gasteiger partial charge in [0.05, 0.1) is 0 Å². The van der Waals surface area contributed by atoms with Gasteiger partial charge in [-0.15, -0.1) is 0 Å². The summed E-state index contributed by atoms with van der Waals surface area (Å²) in [5.74, 6) is -1.40. The fourth-order valence-corrected chi connectivity index (χ4v) is 5.50. The van der Waals surface area contributed by atoms with E-state index in [1.165, 1.54) is 122 Å². The van der Waals surface area contributed by atoms with Gasteiger partial charge in [-0.05, 0) is 57.8 Å². The standard InChI is InChI=1S/C40H72O4/c1-3-5-7-9-11-13-15-17-19-20-21-23-24-26-28-30-32-34-36-38(40(42)43)44-39(41)37-35-33-31-29-27-25-22-18-16-14-12-10-8-6-4-2/h12,14,18,22,27,29,38H,3-11,13,15-17,19-21,23-26,28,30-37H2,1-2H3,(H,42,43)/b14-12-,22-18-,29-27-. The third-order valence-corrected chi connectivity index (χ3v) is 8.39. The zero-order valence-corrected chi connectivity index (χ0v) is 29.2. The molecule has 0 aliphatic carbocycles. The van der Waals surface area contributed by atoms with Gasteiger partial charge in [0.15, 0.2) is 6.10 Å². The third kappa shape index (κ3) is 33.1. The van der Waals surface area contributed by atoms with E-state index in [9.17, 15) is 14.7 Å². The van der Waals surface area contributed by atoms with Crippen LogP contribution in [-0.2, 0) is 14.3 Å². The van der Waals surface area contributed by atoms with E-state index >= 15 is 0 Å². The zero-order valence-electron chi connectivity index (χ0n) is 29.2. The first-order chi connectivity index (χ1) is 21.6. The Labute approximate surface area is 273 Å². The van der Waals surface area contributed by atoms with Gasteiger partial charge in [0, 0.05) is 6.42 Å². The summed E-state index contributed by atoms with van der Waals surface area (Å²) in [6, 6.07) is 0. The fourth-order valence-electron chi connectivity index (χ4n) is 5.50. The van der Waals surface area contributed by atoms with E-state index in [0.717, 1.165) is 51.4 Å². The number of carbonyl (C=O) groups is 2. The number of aliphatic carboxylic acids is 1. The van der Waals surface area contributed by atoms with Crippen LogP contribution in [0.5, 0.6) is 0 Å². The molecule has 0 radical (unpaired) electrons. The van der Waals surface area contributed by atoms with Crippen molar-refractivity contribution in [3.8, 4) is 0 Å². The van der Waals surface area contributed by atoms with Crippen molar-refractivity contribution in [1.29, 1.82) is 0 Å². The molecule has 0 aromatic rings. The molecule has 0 fully saturated rings. The molecule has 256 valence electrons. The van der Waals surface area contributed by atoms with Crippen LogP contribution < -0.4 is 0 Å². The normalized spacial score (nSPS) is 12.6. The van der Waals surface area contributed by atoms with Crippen LogP contribution in [0, 0.1) is 0 Å². The maximum absolute atomic E-state index is 12.2. The Morgan fingerprint density at radius 1 is 0.500 bits per heavy atom. The van der Waals surface area contributed by atoms with E-state index in [0.29, 0.717) is 12.8 Å². The molecule has 0 aromatic carbocycles. The lowest BCUT2D eigenvalue weighted by Crippen LogP contribution is -2.27. The number of carboxylic acids is 1. The highest BCUT2D eigenvalue weighted by Crippen LogP contribution is 2.16. The van der Waals surface area contributed by atoms with Gasteiger partial charge in [-0.25, -0.2) is 4.79 Å². The second kappa shape index (κ2) is 35.6. The van der Waals surface area contributed by atoms with Gasteiger partial charge in [-0.2, -0.15) is 0 Å². The van der Waals surface area contributed by atoms with Crippen LogP contribution in [0.4, 0.5) is 0 Å². The molecule has 0 heterocycles. The number of ether oxygens (including phenoxy) is 1. The van der Waals surface area contributed by atoms with Gasteiger partial charge in [0.25, 0.3) is 0 Å². The van der Waals surface area contributed by atoms with Crippen LogP contribution in [0.1, 0.15) is 200 Å². The Kier molecular flexibility index (Phi) is 34.1. The molecule has 0 amide bonds. The average Bonchev–Trinajstić information content (AvgIpc) is 3.01. The summed E-state index contributed by atoms with van der Waals surface area (Å²) >= 11 is 0. The van der Waals surface area contributed by atoms with E-state index < -0.39 is 12.1 Å². The van der Waals surface area contributed by atoms with Crippen LogP contribution in [0.25, 0.3) is 0 Å². The molecular weight excluding hydrogens is 544 g/mol. The van der Waals surface area contributed by atoms with E-state index in [4.69, 9.17) is 4.74 Å². The van der Waals surface area contributed by atoms with Crippen LogP contribution in [-0.4, -0.2) is 23.1 Å². The zero-order chi connectivity index (χ0) is 32.2. The van der Waals surface area contributed by atoms with Crippen molar-refractivity contribution in [1.82, 2.24) is 0 Å². The molecule has 0 aliphatic heterocycles. The quantitative estimate of drug-likeness (QED) is 0.0444. The number of unbranched alkanes of at least 4 members (excludes halogenated alkanes) is 22. The van der Waals surface area contributed by atoms with E-state index in [1.54, 1.807) is 0 Å². The number of hydrogen-bond acceptors (Lipinski definition) is 3. The average molecular weight is 617 g/mol. The second-order valence-electron chi connectivity index (χ2n) is 12.7. The predicted octanol–water partition coefficient (Wildman–Crippen LogP) is 13.0. The Morgan fingerprint density at radius 2 is 0.864 bits per heavy atom. The van der Waals surface area contributed by atoms with E-state index in [1.807, 2.05) is 0 Å². The van der Waals surface area contributed by atoms with Gasteiger partial charge >= 0.3 is 11.9 Å². The second-order valence-corrected chi connectivity index (χ2v) is 12.7. The molecule has 0 aromatic heterocycles. The predicted molar refractivity (Wildman–Crippen MR) is 190 cm³/mol. The first-order valence-electron chi connectivity index (χ1n) is 19.0. The molecule has 1 unspecified atom stereocenters. The lowest BCUT2D eigenvalue weighted by atomic mass is 10.0. The highest BCUT2D eigenvalue weighted by molar-refractivity contribution is 5.77. The summed E-state index contributed by atoms with van der Waals surface area (Å²) in [7, 11) is 0. The van der Waals surface area contributed by atoms with Gasteiger partial charge in [0.2, 0.25) is 0 Å². The summed E-state index contributed by atoms with van der Waals surface area (Å²) in [6.07, 6.45) is 46.1. The van der Waals surface area contributed by atoms with Crippen LogP contribution in [0.15, 0.2) is 36.5 Å². The van der Waals surface area contributed by atoms with Gasteiger partial charge < -0.3 is 9.84 Å². The van der Waals surface area contributed by atoms with Crippen molar-refractivity contribution in [2.24, 2.45) is 0 Å². The smallest absolute Gasteiger partial charge is 0.345 e. The summed E-state index contributed by atoms with van der Waals surface area (Å²) in [5.41, 5.74) is 0. The van der Waals surface area contributed by atoms with Gasteiger partial charge in [-0.1, -0.05) is 172 Å². The number of rotatable bonds is 34. The molecule has 4 nitrogen and oxygen atoms in total. The molecule has 0 rings (SSSR count). The highest BCUT2D eigenvalue weighted by atomic mass is 16.6. The largest absolute Gasteiger partial charge is 0.479 e. The summed E-state index contributed by atoms with van der Waals surface area (Å²) in [4.78, 5) is 23.7. The molecule has 0 aliphatic rings. The first-order valence-corrected chi connectivity index (χ1v) is 19.0. The lowest BCUT2D eigenvalue weighted by molar-refractivity contribution is -0.164. The first kappa shape index (κ1) is 42.2. The van der Waals surface area contributed by atoms with E-state index in [2.05, 4.69) is 50.3 Å². The summed E-state index contributed by atoms with van der Waals surface area (Å²) < 4.78 is 5.29. The molecule has 1 N–H and O–H groups in total. The highest BCUT2D eigenvalue weighted by Gasteiger charge is 2.21. The summed E-state index contributed by atoms with van der Waals surface area (Å²) in [6.45, 7) is 4.51. The molecule has 44 heavy (non-hydrogen) atoms. The minimum Gasteiger partial charge on any atom is -0.479 e. The van der Waals surface area contributed by atoms with Gasteiger partial charge in [0.1, 0.15) is 0 Å². The molecular formula is C40H72O4. The van der Waals surface area contributed by atoms with Crippen LogP contribution >= 0.6 is 0 Å². The number of allylic oxidation sites excluding steroid dienone is 6. The van der Waals surface area contributed by atoms with Crippen molar-refractivity contribution in [3.05, 3.63) is 36.5 Å². The maximum atomic E-state index is 12.2. The molecule has 4 heteroatoms. The fraction of sp³-hybridized carbons (Fsp3) is 0.800. The molecule has 1 atom stereocenters. The van der Waals surface area contributed by atoms with Gasteiger partial charge in [-0.3, -0.25) is 4.79 Å². The summed E-state index contributed by atoms with van der Waals surface area (Å²) in [5, 5.41) is 9.47. The van der Waals surface area contributed by atoms with Crippen LogP contribution in [0.2, 0.25) is 0 Å². The molecule has 0 saturated carbocycles. The monoisotopic (exact) mass is 617 g/mol. The molecule has 0 spiro atoms. The van der Waals surface area contributed by atoms with Crippen molar-refractivity contribution in [2.45, 2.75) is 206 Å². The molecule has 0 bridgehead atoms. The van der Waals surface area contributed by atoms with Crippen LogP contribution in [0.3, 0.4) is 0 Å². The minimum absolute atomic E-state index is 0.293.